The maximum absolute atomic E-state index is 12.9. The highest BCUT2D eigenvalue weighted by Crippen LogP contribution is 2.41. The van der Waals surface area contributed by atoms with Crippen molar-refractivity contribution in [3.05, 3.63) is 80.4 Å². The number of nitro benzene ring substituents is 1. The average Bonchev–Trinajstić information content (AvgIpc) is 3.01. The molecule has 2 N–H and O–H groups in total. The second kappa shape index (κ2) is 9.69. The highest BCUT2D eigenvalue weighted by molar-refractivity contribution is 6.47. The standard InChI is InChI=1S/C21H19ClN2O7/c22-16-7-2-1-6-15(16)18-17(19(26)13-4-3-5-14(12-13)24(29)30)20(27)21(28)23(18)8-10-31-11-9-25/h1-7,12,18,25-26H,8-11H2/t18-/m1/s1. The molecule has 0 unspecified atom stereocenters. The van der Waals surface area contributed by atoms with E-state index in [0.29, 0.717) is 5.56 Å². The van der Waals surface area contributed by atoms with E-state index in [1.54, 1.807) is 24.3 Å². The van der Waals surface area contributed by atoms with Gasteiger partial charge in [-0.2, -0.15) is 0 Å². The van der Waals surface area contributed by atoms with Crippen LogP contribution in [-0.2, 0) is 14.3 Å². The Morgan fingerprint density at radius 2 is 1.90 bits per heavy atom. The van der Waals surface area contributed by atoms with Crippen LogP contribution in [-0.4, -0.2) is 58.1 Å². The SMILES string of the molecule is O=C1C(=O)N(CCOCCO)[C@H](c2ccccc2Cl)C1=C(O)c1cccc([N+](=O)[O-])c1. The molecule has 1 aliphatic heterocycles. The molecule has 162 valence electrons. The van der Waals surface area contributed by atoms with Crippen LogP contribution in [0.3, 0.4) is 0 Å². The quantitative estimate of drug-likeness (QED) is 0.159. The van der Waals surface area contributed by atoms with Gasteiger partial charge in [-0.05, 0) is 11.6 Å². The maximum atomic E-state index is 12.9. The number of nitro groups is 1. The van der Waals surface area contributed by atoms with Crippen molar-refractivity contribution in [2.24, 2.45) is 0 Å². The lowest BCUT2D eigenvalue weighted by Crippen LogP contribution is -2.33. The van der Waals surface area contributed by atoms with Crippen molar-refractivity contribution in [2.45, 2.75) is 6.04 Å². The molecule has 1 heterocycles. The molecule has 0 aliphatic carbocycles. The second-order valence-electron chi connectivity index (χ2n) is 6.66. The molecular formula is C21H19ClN2O7. The summed E-state index contributed by atoms with van der Waals surface area (Å²) in [5.41, 5.74) is -0.0518. The first-order chi connectivity index (χ1) is 14.9. The van der Waals surface area contributed by atoms with E-state index in [9.17, 15) is 24.8 Å². The minimum atomic E-state index is -1.01. The van der Waals surface area contributed by atoms with Gasteiger partial charge < -0.3 is 19.8 Å². The van der Waals surface area contributed by atoms with Crippen molar-refractivity contribution < 1.29 is 29.5 Å². The number of aliphatic hydroxyl groups excluding tert-OH is 2. The molecule has 0 saturated carbocycles. The molecule has 0 aromatic heterocycles. The van der Waals surface area contributed by atoms with E-state index >= 15 is 0 Å². The molecule has 31 heavy (non-hydrogen) atoms. The molecule has 1 saturated heterocycles. The van der Waals surface area contributed by atoms with Crippen molar-refractivity contribution >= 4 is 34.7 Å². The van der Waals surface area contributed by atoms with Gasteiger partial charge in [0.25, 0.3) is 17.4 Å². The van der Waals surface area contributed by atoms with Gasteiger partial charge in [0, 0.05) is 29.3 Å². The van der Waals surface area contributed by atoms with Crippen LogP contribution >= 0.6 is 11.6 Å². The number of rotatable bonds is 8. The Kier molecular flexibility index (Phi) is 7.01. The summed E-state index contributed by atoms with van der Waals surface area (Å²) in [5, 5.41) is 31.1. The van der Waals surface area contributed by atoms with Crippen LogP contribution < -0.4 is 0 Å². The number of aliphatic hydroxyl groups is 2. The molecule has 0 bridgehead atoms. The van der Waals surface area contributed by atoms with E-state index in [0.717, 1.165) is 6.07 Å². The van der Waals surface area contributed by atoms with Crippen molar-refractivity contribution in [2.75, 3.05) is 26.4 Å². The number of ketones is 1. The maximum Gasteiger partial charge on any atom is 0.295 e. The molecule has 3 rings (SSSR count). The van der Waals surface area contributed by atoms with Crippen LogP contribution in [0, 0.1) is 10.1 Å². The number of carbonyl (C=O) groups excluding carboxylic acids is 2. The Bertz CT molecular complexity index is 1050. The molecule has 0 spiro atoms. The van der Waals surface area contributed by atoms with E-state index in [4.69, 9.17) is 21.4 Å². The number of likely N-dealkylation sites (tertiary alicyclic amines) is 1. The lowest BCUT2D eigenvalue weighted by atomic mass is 9.95. The number of halogens is 1. The fraction of sp³-hybridized carbons (Fsp3) is 0.238. The van der Waals surface area contributed by atoms with Crippen LogP contribution in [0.4, 0.5) is 5.69 Å². The van der Waals surface area contributed by atoms with E-state index in [-0.39, 0.29) is 48.2 Å². The number of benzene rings is 2. The zero-order valence-corrected chi connectivity index (χ0v) is 17.0. The number of nitrogens with zero attached hydrogens (tertiary/aromatic N) is 2. The molecule has 10 heteroatoms. The number of carbonyl (C=O) groups is 2. The Morgan fingerprint density at radius 3 is 2.58 bits per heavy atom. The normalized spacial score (nSPS) is 17.9. The summed E-state index contributed by atoms with van der Waals surface area (Å²) in [6, 6.07) is 10.7. The van der Waals surface area contributed by atoms with Gasteiger partial charge in [0.05, 0.1) is 36.4 Å². The number of amides is 1. The highest BCUT2D eigenvalue weighted by Gasteiger charge is 2.46. The van der Waals surface area contributed by atoms with Crippen LogP contribution in [0.25, 0.3) is 5.76 Å². The Hall–Kier alpha value is -3.27. The third kappa shape index (κ3) is 4.58. The minimum absolute atomic E-state index is 0.00613. The molecule has 0 radical (unpaired) electrons. The van der Waals surface area contributed by atoms with Gasteiger partial charge in [0.1, 0.15) is 5.76 Å². The predicted molar refractivity (Wildman–Crippen MR) is 111 cm³/mol. The van der Waals surface area contributed by atoms with Gasteiger partial charge in [-0.25, -0.2) is 0 Å². The van der Waals surface area contributed by atoms with Gasteiger partial charge in [-0.1, -0.05) is 41.9 Å². The summed E-state index contributed by atoms with van der Waals surface area (Å²) in [5.74, 6) is -2.33. The first-order valence-electron chi connectivity index (χ1n) is 9.33. The highest BCUT2D eigenvalue weighted by atomic mass is 35.5. The lowest BCUT2D eigenvalue weighted by Gasteiger charge is -2.26. The molecule has 1 amide bonds. The summed E-state index contributed by atoms with van der Waals surface area (Å²) in [6.45, 7) is -0.0779. The van der Waals surface area contributed by atoms with E-state index in [1.165, 1.54) is 23.1 Å². The largest absolute Gasteiger partial charge is 0.507 e. The van der Waals surface area contributed by atoms with Gasteiger partial charge >= 0.3 is 0 Å². The Morgan fingerprint density at radius 1 is 1.16 bits per heavy atom. The monoisotopic (exact) mass is 446 g/mol. The van der Waals surface area contributed by atoms with E-state index < -0.39 is 28.4 Å². The second-order valence-corrected chi connectivity index (χ2v) is 7.06. The van der Waals surface area contributed by atoms with Gasteiger partial charge in [-0.15, -0.1) is 0 Å². The summed E-state index contributed by atoms with van der Waals surface area (Å²) < 4.78 is 5.22. The predicted octanol–water partition coefficient (Wildman–Crippen LogP) is 2.68. The van der Waals surface area contributed by atoms with Crippen molar-refractivity contribution in [1.82, 2.24) is 4.90 Å². The fourth-order valence-corrected chi connectivity index (χ4v) is 3.62. The number of ether oxygens (including phenoxy) is 1. The summed E-state index contributed by atoms with van der Waals surface area (Å²) in [4.78, 5) is 37.3. The number of hydrogen-bond donors (Lipinski definition) is 2. The Labute approximate surface area is 182 Å². The molecule has 2 aromatic rings. The third-order valence-electron chi connectivity index (χ3n) is 4.78. The molecular weight excluding hydrogens is 428 g/mol. The zero-order chi connectivity index (χ0) is 22.5. The fourth-order valence-electron chi connectivity index (χ4n) is 3.38. The topological polar surface area (TPSA) is 130 Å². The number of Topliss-reactive ketones (excluding diaryl/α,β-unsaturated/α-hetero) is 1. The summed E-state index contributed by atoms with van der Waals surface area (Å²) in [7, 11) is 0. The molecule has 1 atom stereocenters. The van der Waals surface area contributed by atoms with Crippen LogP contribution in [0.15, 0.2) is 54.1 Å². The van der Waals surface area contributed by atoms with Gasteiger partial charge in [-0.3, -0.25) is 19.7 Å². The van der Waals surface area contributed by atoms with Crippen LogP contribution in [0.5, 0.6) is 0 Å². The number of non-ortho nitro benzene ring substituents is 1. The van der Waals surface area contributed by atoms with Crippen molar-refractivity contribution in [1.29, 1.82) is 0 Å². The lowest BCUT2D eigenvalue weighted by molar-refractivity contribution is -0.384. The van der Waals surface area contributed by atoms with Crippen molar-refractivity contribution in [3.8, 4) is 0 Å². The molecule has 2 aromatic carbocycles. The minimum Gasteiger partial charge on any atom is -0.507 e. The van der Waals surface area contributed by atoms with Gasteiger partial charge in [0.2, 0.25) is 0 Å². The summed E-state index contributed by atoms with van der Waals surface area (Å²) >= 11 is 6.32. The molecule has 1 fully saturated rings. The van der Waals surface area contributed by atoms with Crippen LogP contribution in [0.1, 0.15) is 17.2 Å². The van der Waals surface area contributed by atoms with E-state index in [1.807, 2.05) is 0 Å². The molecule has 9 nitrogen and oxygen atoms in total. The Balaban J connectivity index is 2.12. The smallest absolute Gasteiger partial charge is 0.295 e. The average molecular weight is 447 g/mol. The van der Waals surface area contributed by atoms with Crippen LogP contribution in [0.2, 0.25) is 5.02 Å². The van der Waals surface area contributed by atoms with Crippen molar-refractivity contribution in [3.63, 3.8) is 0 Å². The summed E-state index contributed by atoms with van der Waals surface area (Å²) in [6.07, 6.45) is 0. The molecule has 1 aliphatic rings. The number of hydrogen-bond acceptors (Lipinski definition) is 7. The first kappa shape index (κ1) is 22.4. The zero-order valence-electron chi connectivity index (χ0n) is 16.2. The third-order valence-corrected chi connectivity index (χ3v) is 5.13. The van der Waals surface area contributed by atoms with E-state index in [2.05, 4.69) is 0 Å². The first-order valence-corrected chi connectivity index (χ1v) is 9.71. The van der Waals surface area contributed by atoms with Gasteiger partial charge in [0.15, 0.2) is 0 Å².